The fourth-order valence-electron chi connectivity index (χ4n) is 3.67. The van der Waals surface area contributed by atoms with Gasteiger partial charge in [-0.1, -0.05) is 0 Å². The van der Waals surface area contributed by atoms with E-state index in [0.29, 0.717) is 19.0 Å². The number of nitrogens with zero attached hydrogens (tertiary/aromatic N) is 5. The van der Waals surface area contributed by atoms with Crippen LogP contribution in [0.1, 0.15) is 29.5 Å². The summed E-state index contributed by atoms with van der Waals surface area (Å²) in [5.74, 6) is 0.606. The Morgan fingerprint density at radius 1 is 1.22 bits per heavy atom. The van der Waals surface area contributed by atoms with Gasteiger partial charge in [0.1, 0.15) is 6.04 Å². The summed E-state index contributed by atoms with van der Waals surface area (Å²) >= 11 is 1.73. The second kappa shape index (κ2) is 6.90. The zero-order valence-electron chi connectivity index (χ0n) is 14.7. The number of aryl methyl sites for hydroxylation is 2. The monoisotopic (exact) mass is 384 g/mol. The fourth-order valence-corrected chi connectivity index (χ4v) is 4.78. The molecule has 2 unspecified atom stereocenters. The first-order valence-corrected chi connectivity index (χ1v) is 10.0. The molecule has 1 N–H and O–H groups in total. The van der Waals surface area contributed by atoms with E-state index in [1.807, 2.05) is 6.07 Å². The highest BCUT2D eigenvalue weighted by Crippen LogP contribution is 2.31. The number of hydrogen-bond acceptors (Lipinski definition) is 7. The molecule has 3 aromatic heterocycles. The predicted molar refractivity (Wildman–Crippen MR) is 102 cm³/mol. The van der Waals surface area contributed by atoms with E-state index in [1.165, 1.54) is 34.2 Å². The highest BCUT2D eigenvalue weighted by Gasteiger charge is 2.32. The zero-order valence-corrected chi connectivity index (χ0v) is 15.6. The van der Waals surface area contributed by atoms with Gasteiger partial charge in [-0.15, -0.1) is 16.4 Å². The van der Waals surface area contributed by atoms with Crippen LogP contribution in [0.2, 0.25) is 0 Å². The van der Waals surface area contributed by atoms with E-state index in [-0.39, 0.29) is 17.6 Å². The molecule has 140 valence electrons. The maximum absolute atomic E-state index is 12.5. The van der Waals surface area contributed by atoms with Crippen molar-refractivity contribution in [2.75, 3.05) is 18.5 Å². The smallest absolute Gasteiger partial charge is 0.267 e. The van der Waals surface area contributed by atoms with Crippen LogP contribution in [0.25, 0.3) is 5.82 Å². The van der Waals surface area contributed by atoms with Crippen LogP contribution < -0.4 is 10.9 Å². The number of aromatic nitrogens is 5. The van der Waals surface area contributed by atoms with E-state index in [4.69, 9.17) is 9.72 Å². The Balaban J connectivity index is 1.42. The summed E-state index contributed by atoms with van der Waals surface area (Å²) < 4.78 is 8.83. The molecule has 0 saturated carbocycles. The molecule has 8 nitrogen and oxygen atoms in total. The second-order valence-corrected chi connectivity index (χ2v) is 7.96. The zero-order chi connectivity index (χ0) is 18.2. The number of hydrogen-bond donors (Lipinski definition) is 1. The van der Waals surface area contributed by atoms with Crippen LogP contribution in [0.5, 0.6) is 0 Å². The van der Waals surface area contributed by atoms with E-state index in [1.54, 1.807) is 34.5 Å². The Morgan fingerprint density at radius 2 is 2.15 bits per heavy atom. The molecule has 2 atom stereocenters. The normalized spacial score (nSPS) is 21.9. The van der Waals surface area contributed by atoms with E-state index < -0.39 is 0 Å². The molecule has 2 aliphatic rings. The third-order valence-corrected chi connectivity index (χ3v) is 6.16. The molecule has 9 heteroatoms. The third-order valence-electron chi connectivity index (χ3n) is 5.07. The standard InChI is InChI=1S/C18H20N6O2S/c25-17-7-6-16(23-9-3-8-19-23)22-24(17)14-11-26-10-13(14)21-18-20-12-4-1-2-5-15(12)27-18/h3,6-9,13-14H,1-2,4-5,10-11H2,(H,20,21). The van der Waals surface area contributed by atoms with Crippen LogP contribution in [0, 0.1) is 0 Å². The second-order valence-electron chi connectivity index (χ2n) is 6.88. The number of nitrogens with one attached hydrogen (secondary N) is 1. The molecule has 3 aromatic rings. The van der Waals surface area contributed by atoms with Crippen LogP contribution in [0.3, 0.4) is 0 Å². The van der Waals surface area contributed by atoms with Crippen LogP contribution in [0.4, 0.5) is 5.13 Å². The molecule has 0 radical (unpaired) electrons. The minimum absolute atomic E-state index is 0.0457. The fraction of sp³-hybridized carbons (Fsp3) is 0.444. The van der Waals surface area contributed by atoms with Crippen LogP contribution in [-0.2, 0) is 17.6 Å². The Hall–Kier alpha value is -2.52. The van der Waals surface area contributed by atoms with Crippen LogP contribution in [-0.4, -0.2) is 43.8 Å². The van der Waals surface area contributed by atoms with Gasteiger partial charge in [0.2, 0.25) is 0 Å². The van der Waals surface area contributed by atoms with E-state index in [0.717, 1.165) is 18.0 Å². The van der Waals surface area contributed by atoms with Crippen molar-refractivity contribution in [1.82, 2.24) is 24.5 Å². The van der Waals surface area contributed by atoms with Crippen molar-refractivity contribution < 1.29 is 4.74 Å². The van der Waals surface area contributed by atoms with Crippen molar-refractivity contribution in [3.8, 4) is 5.82 Å². The van der Waals surface area contributed by atoms with Gasteiger partial charge in [-0.05, 0) is 37.8 Å². The first kappa shape index (κ1) is 16.6. The lowest BCUT2D eigenvalue weighted by molar-refractivity contribution is 0.182. The Bertz CT molecular complexity index is 972. The van der Waals surface area contributed by atoms with Gasteiger partial charge in [0, 0.05) is 23.3 Å². The summed E-state index contributed by atoms with van der Waals surface area (Å²) in [7, 11) is 0. The Labute approximate surface area is 159 Å². The molecule has 1 saturated heterocycles. The highest BCUT2D eigenvalue weighted by atomic mass is 32.1. The number of anilines is 1. The molecule has 4 heterocycles. The molecule has 0 bridgehead atoms. The quantitative estimate of drug-likeness (QED) is 0.738. The first-order valence-electron chi connectivity index (χ1n) is 9.21. The van der Waals surface area contributed by atoms with Crippen molar-refractivity contribution in [1.29, 1.82) is 0 Å². The number of thiazole rings is 1. The Kier molecular flexibility index (Phi) is 4.25. The van der Waals surface area contributed by atoms with Crippen molar-refractivity contribution in [2.45, 2.75) is 37.8 Å². The van der Waals surface area contributed by atoms with Crippen molar-refractivity contribution in [3.05, 3.63) is 51.5 Å². The molecule has 0 aromatic carbocycles. The number of ether oxygens (including phenoxy) is 1. The summed E-state index contributed by atoms with van der Waals surface area (Å²) in [4.78, 5) is 18.6. The van der Waals surface area contributed by atoms with Gasteiger partial charge in [0.15, 0.2) is 10.9 Å². The highest BCUT2D eigenvalue weighted by molar-refractivity contribution is 7.15. The molecule has 5 rings (SSSR count). The minimum atomic E-state index is -0.186. The number of fused-ring (bicyclic) bond motifs is 1. The maximum Gasteiger partial charge on any atom is 0.267 e. The molecular weight excluding hydrogens is 364 g/mol. The molecule has 0 amide bonds. The largest absolute Gasteiger partial charge is 0.377 e. The van der Waals surface area contributed by atoms with Gasteiger partial charge < -0.3 is 10.1 Å². The van der Waals surface area contributed by atoms with Gasteiger partial charge in [0.05, 0.1) is 24.9 Å². The lowest BCUT2D eigenvalue weighted by Gasteiger charge is -2.20. The summed E-state index contributed by atoms with van der Waals surface area (Å²) in [5, 5.41) is 13.1. The molecule has 1 fully saturated rings. The topological polar surface area (TPSA) is 86.9 Å². The van der Waals surface area contributed by atoms with Gasteiger partial charge in [-0.25, -0.2) is 14.3 Å². The first-order chi connectivity index (χ1) is 13.3. The Morgan fingerprint density at radius 3 is 3.00 bits per heavy atom. The minimum Gasteiger partial charge on any atom is -0.377 e. The summed E-state index contributed by atoms with van der Waals surface area (Å²) in [6.07, 6.45) is 8.12. The maximum atomic E-state index is 12.5. The number of rotatable bonds is 4. The van der Waals surface area contributed by atoms with Crippen molar-refractivity contribution in [2.24, 2.45) is 0 Å². The van der Waals surface area contributed by atoms with Crippen molar-refractivity contribution in [3.63, 3.8) is 0 Å². The van der Waals surface area contributed by atoms with Crippen molar-refractivity contribution >= 4 is 16.5 Å². The predicted octanol–water partition coefficient (Wildman–Crippen LogP) is 1.82. The van der Waals surface area contributed by atoms with Gasteiger partial charge >= 0.3 is 0 Å². The van der Waals surface area contributed by atoms with Crippen LogP contribution >= 0.6 is 11.3 Å². The lowest BCUT2D eigenvalue weighted by atomic mass is 10.0. The van der Waals surface area contributed by atoms with Gasteiger partial charge in [-0.3, -0.25) is 4.79 Å². The molecule has 0 spiro atoms. The molecule has 1 aliphatic carbocycles. The van der Waals surface area contributed by atoms with E-state index in [2.05, 4.69) is 15.5 Å². The third kappa shape index (κ3) is 3.17. The van der Waals surface area contributed by atoms with Gasteiger partial charge in [0.25, 0.3) is 5.56 Å². The SMILES string of the molecule is O=c1ccc(-n2cccn2)nn1C1COCC1Nc1nc2c(s1)CCCC2. The lowest BCUT2D eigenvalue weighted by Crippen LogP contribution is -2.37. The van der Waals surface area contributed by atoms with Crippen LogP contribution in [0.15, 0.2) is 35.4 Å². The molecule has 1 aliphatic heterocycles. The van der Waals surface area contributed by atoms with Gasteiger partial charge in [-0.2, -0.15) is 5.10 Å². The summed E-state index contributed by atoms with van der Waals surface area (Å²) in [6, 6.07) is 4.80. The average Bonchev–Trinajstić information content (AvgIpc) is 3.43. The van der Waals surface area contributed by atoms with E-state index >= 15 is 0 Å². The summed E-state index contributed by atoms with van der Waals surface area (Å²) in [6.45, 7) is 0.966. The van der Waals surface area contributed by atoms with E-state index in [9.17, 15) is 4.79 Å². The summed E-state index contributed by atoms with van der Waals surface area (Å²) in [5.41, 5.74) is 1.08. The molecular formula is C18H20N6O2S. The molecule has 27 heavy (non-hydrogen) atoms. The average molecular weight is 384 g/mol.